The quantitative estimate of drug-likeness (QED) is 0.450. The van der Waals surface area contributed by atoms with E-state index in [9.17, 15) is 10.0 Å². The number of fused-ring (bicyclic) bond motifs is 3. The maximum absolute atomic E-state index is 10.0. The third kappa shape index (κ3) is 2.58. The van der Waals surface area contributed by atoms with Crippen LogP contribution in [-0.4, -0.2) is 17.2 Å². The van der Waals surface area contributed by atoms with Crippen LogP contribution in [0.25, 0.3) is 21.5 Å². The molecule has 4 aromatic rings. The number of rotatable bonds is 3. The van der Waals surface area contributed by atoms with E-state index in [1.54, 1.807) is 0 Å². The molecule has 0 aliphatic carbocycles. The molecule has 4 aromatic carbocycles. The van der Waals surface area contributed by atoms with Gasteiger partial charge in [0.2, 0.25) is 0 Å². The van der Waals surface area contributed by atoms with Crippen molar-refractivity contribution in [1.82, 2.24) is 0 Å². The van der Waals surface area contributed by atoms with Gasteiger partial charge >= 0.3 is 7.12 Å². The Morgan fingerprint density at radius 1 is 0.625 bits per heavy atom. The first-order valence-electron chi connectivity index (χ1n) is 8.07. The molecule has 2 N–H and O–H groups in total. The van der Waals surface area contributed by atoms with E-state index in [0.29, 0.717) is 11.9 Å². The van der Waals surface area contributed by atoms with E-state index < -0.39 is 7.12 Å². The zero-order chi connectivity index (χ0) is 16.5. The number of benzene rings is 4. The first-order chi connectivity index (χ1) is 11.7. The van der Waals surface area contributed by atoms with Crippen LogP contribution in [0.2, 0.25) is 0 Å². The summed E-state index contributed by atoms with van der Waals surface area (Å²) in [6, 6.07) is 26.4. The van der Waals surface area contributed by atoms with Gasteiger partial charge in [-0.2, -0.15) is 0 Å². The van der Waals surface area contributed by atoms with Crippen molar-refractivity contribution >= 4 is 34.1 Å². The smallest absolute Gasteiger partial charge is 0.423 e. The van der Waals surface area contributed by atoms with E-state index in [1.807, 2.05) is 48.5 Å². The Morgan fingerprint density at radius 2 is 1.33 bits per heavy atom. The van der Waals surface area contributed by atoms with Crippen LogP contribution in [0.3, 0.4) is 0 Å². The summed E-state index contributed by atoms with van der Waals surface area (Å²) in [7, 11) is -1.49. The highest BCUT2D eigenvalue weighted by Crippen LogP contribution is 2.26. The van der Waals surface area contributed by atoms with Crippen molar-refractivity contribution in [2.75, 3.05) is 0 Å². The Kier molecular flexibility index (Phi) is 3.81. The number of hydrogen-bond donors (Lipinski definition) is 2. The fraction of sp³-hybridized carbons (Fsp3) is 0.0476. The third-order valence-electron chi connectivity index (χ3n) is 4.55. The van der Waals surface area contributed by atoms with E-state index in [4.69, 9.17) is 0 Å². The Morgan fingerprint density at radius 3 is 2.12 bits per heavy atom. The van der Waals surface area contributed by atoms with Crippen molar-refractivity contribution in [3.63, 3.8) is 0 Å². The molecule has 0 fully saturated rings. The lowest BCUT2D eigenvalue weighted by Gasteiger charge is -2.14. The van der Waals surface area contributed by atoms with Crippen molar-refractivity contribution < 1.29 is 10.0 Å². The normalized spacial score (nSPS) is 11.1. The highest BCUT2D eigenvalue weighted by Gasteiger charge is 2.20. The van der Waals surface area contributed by atoms with Gasteiger partial charge in [0, 0.05) is 0 Å². The minimum absolute atomic E-state index is 0.599. The second-order valence-corrected chi connectivity index (χ2v) is 6.06. The fourth-order valence-electron chi connectivity index (χ4n) is 3.43. The molecule has 0 aliphatic heterocycles. The van der Waals surface area contributed by atoms with Crippen LogP contribution < -0.4 is 5.46 Å². The first kappa shape index (κ1) is 14.9. The summed E-state index contributed by atoms with van der Waals surface area (Å²) in [4.78, 5) is 0. The largest absolute Gasteiger partial charge is 0.489 e. The molecule has 0 saturated carbocycles. The lowest BCUT2D eigenvalue weighted by molar-refractivity contribution is 0.426. The molecule has 24 heavy (non-hydrogen) atoms. The van der Waals surface area contributed by atoms with E-state index in [0.717, 1.165) is 32.7 Å². The molecular weight excluding hydrogens is 295 g/mol. The lowest BCUT2D eigenvalue weighted by Crippen LogP contribution is -2.34. The van der Waals surface area contributed by atoms with Gasteiger partial charge in [-0.05, 0) is 44.6 Å². The Labute approximate surface area is 141 Å². The monoisotopic (exact) mass is 312 g/mol. The second-order valence-electron chi connectivity index (χ2n) is 6.06. The molecule has 0 unspecified atom stereocenters. The lowest BCUT2D eigenvalue weighted by atomic mass is 9.72. The molecule has 3 heteroatoms. The van der Waals surface area contributed by atoms with Crippen LogP contribution in [0.4, 0.5) is 0 Å². The zero-order valence-corrected chi connectivity index (χ0v) is 13.2. The molecule has 0 heterocycles. The van der Waals surface area contributed by atoms with E-state index in [-0.39, 0.29) is 0 Å². The van der Waals surface area contributed by atoms with Crippen LogP contribution in [-0.2, 0) is 6.42 Å². The summed E-state index contributed by atoms with van der Waals surface area (Å²) in [6.45, 7) is 0. The highest BCUT2D eigenvalue weighted by atomic mass is 16.4. The van der Waals surface area contributed by atoms with E-state index in [1.165, 1.54) is 0 Å². The molecule has 0 aromatic heterocycles. The second kappa shape index (κ2) is 6.12. The van der Waals surface area contributed by atoms with Gasteiger partial charge in [0.1, 0.15) is 0 Å². The van der Waals surface area contributed by atoms with Crippen molar-refractivity contribution in [3.05, 3.63) is 90.0 Å². The maximum atomic E-state index is 10.0. The summed E-state index contributed by atoms with van der Waals surface area (Å²) in [5, 5.41) is 24.2. The van der Waals surface area contributed by atoms with Crippen LogP contribution in [0, 0.1) is 0 Å². The van der Waals surface area contributed by atoms with Crippen LogP contribution >= 0.6 is 0 Å². The average molecular weight is 312 g/mol. The summed E-state index contributed by atoms with van der Waals surface area (Å²) in [5.41, 5.74) is 2.70. The van der Waals surface area contributed by atoms with Crippen LogP contribution in [0.15, 0.2) is 78.9 Å². The van der Waals surface area contributed by atoms with Crippen molar-refractivity contribution in [2.24, 2.45) is 0 Å². The van der Waals surface area contributed by atoms with E-state index >= 15 is 0 Å². The van der Waals surface area contributed by atoms with Gasteiger partial charge in [0.25, 0.3) is 0 Å². The van der Waals surface area contributed by atoms with Crippen molar-refractivity contribution in [1.29, 1.82) is 0 Å². The first-order valence-corrected chi connectivity index (χ1v) is 8.07. The molecular formula is C21H17BO2. The predicted molar refractivity (Wildman–Crippen MR) is 101 cm³/mol. The van der Waals surface area contributed by atoms with Gasteiger partial charge < -0.3 is 10.0 Å². The van der Waals surface area contributed by atoms with Gasteiger partial charge in [-0.25, -0.2) is 0 Å². The SMILES string of the molecule is OB(O)c1c(Cc2ccccc2)ccc2c1ccc1ccccc12. The van der Waals surface area contributed by atoms with Crippen molar-refractivity contribution in [3.8, 4) is 0 Å². The third-order valence-corrected chi connectivity index (χ3v) is 4.55. The van der Waals surface area contributed by atoms with Crippen molar-refractivity contribution in [2.45, 2.75) is 6.42 Å². The summed E-state index contributed by atoms with van der Waals surface area (Å²) < 4.78 is 0. The van der Waals surface area contributed by atoms with Crippen LogP contribution in [0.5, 0.6) is 0 Å². The number of hydrogen-bond acceptors (Lipinski definition) is 2. The molecule has 0 aliphatic rings. The topological polar surface area (TPSA) is 40.5 Å². The molecule has 0 saturated heterocycles. The summed E-state index contributed by atoms with van der Waals surface area (Å²) >= 11 is 0. The van der Waals surface area contributed by atoms with Gasteiger partial charge in [0.05, 0.1) is 0 Å². The van der Waals surface area contributed by atoms with Crippen LogP contribution in [0.1, 0.15) is 11.1 Å². The Bertz CT molecular complexity index is 1010. The molecule has 0 atom stereocenters. The minimum Gasteiger partial charge on any atom is -0.423 e. The van der Waals surface area contributed by atoms with Gasteiger partial charge in [-0.15, -0.1) is 0 Å². The average Bonchev–Trinajstić information content (AvgIpc) is 2.61. The molecule has 116 valence electrons. The zero-order valence-electron chi connectivity index (χ0n) is 13.2. The van der Waals surface area contributed by atoms with Gasteiger partial charge in [-0.3, -0.25) is 0 Å². The Hall–Kier alpha value is -2.62. The maximum Gasteiger partial charge on any atom is 0.489 e. The minimum atomic E-state index is -1.49. The molecule has 2 nitrogen and oxygen atoms in total. The molecule has 4 rings (SSSR count). The van der Waals surface area contributed by atoms with Gasteiger partial charge in [-0.1, -0.05) is 78.9 Å². The molecule has 0 radical (unpaired) electrons. The summed E-state index contributed by atoms with van der Waals surface area (Å²) in [5.74, 6) is 0. The standard InChI is InChI=1S/C21H17BO2/c23-22(24)21-17(14-15-6-2-1-3-7-15)11-12-19-18-9-5-4-8-16(18)10-13-20(19)21/h1-13,23-24H,14H2. The molecule has 0 spiro atoms. The van der Waals surface area contributed by atoms with E-state index in [2.05, 4.69) is 30.3 Å². The summed E-state index contributed by atoms with van der Waals surface area (Å²) in [6.07, 6.45) is 0.677. The molecule has 0 amide bonds. The van der Waals surface area contributed by atoms with Gasteiger partial charge in [0.15, 0.2) is 0 Å². The Balaban J connectivity index is 1.95. The molecule has 0 bridgehead atoms. The fourth-order valence-corrected chi connectivity index (χ4v) is 3.43. The predicted octanol–water partition coefficient (Wildman–Crippen LogP) is 3.26. The highest BCUT2D eigenvalue weighted by molar-refractivity contribution is 6.62.